The maximum atomic E-state index is 14.4. The first-order valence-electron chi connectivity index (χ1n) is 17.1. The van der Waals surface area contributed by atoms with Gasteiger partial charge in [-0.05, 0) is 96.2 Å². The number of hydrogen-bond acceptors (Lipinski definition) is 7. The van der Waals surface area contributed by atoms with E-state index in [4.69, 9.17) is 9.47 Å². The van der Waals surface area contributed by atoms with Crippen molar-refractivity contribution >= 4 is 21.6 Å². The molecule has 0 aromatic heterocycles. The number of nitrogens with one attached hydrogen (secondary N) is 1. The molecule has 0 saturated heterocycles. The molecule has 46 heavy (non-hydrogen) atoms. The van der Waals surface area contributed by atoms with Crippen molar-refractivity contribution in [3.8, 4) is 5.75 Å². The summed E-state index contributed by atoms with van der Waals surface area (Å²) in [4.78, 5) is 18.6. The van der Waals surface area contributed by atoms with Gasteiger partial charge in [-0.25, -0.2) is 8.42 Å². The first-order valence-corrected chi connectivity index (χ1v) is 18.6. The van der Waals surface area contributed by atoms with E-state index in [-0.39, 0.29) is 46.8 Å². The lowest BCUT2D eigenvalue weighted by Gasteiger charge is -2.36. The van der Waals surface area contributed by atoms with Gasteiger partial charge in [0, 0.05) is 37.8 Å². The summed E-state index contributed by atoms with van der Waals surface area (Å²) in [5, 5.41) is 10.2. The second kappa shape index (κ2) is 16.9. The van der Waals surface area contributed by atoms with Gasteiger partial charge in [-0.2, -0.15) is 0 Å². The molecule has 256 valence electrons. The Labute approximate surface area is 276 Å². The molecular formula is C36H55N3O6S. The highest BCUT2D eigenvalue weighted by atomic mass is 32.2. The SMILES string of the molecule is Cc1ccc(S(=O)(=O)Nc2ccc3c(c2)C(=O)N([C@@H](C)CO)C[C@@H](C)[C@@H](CN(C)CC2CCCCC2)OCCCC[C@@H](C)O3)cc1. The molecule has 0 radical (unpaired) electrons. The smallest absolute Gasteiger partial charge is 0.261 e. The molecule has 2 aliphatic rings. The Bertz CT molecular complexity index is 1360. The molecule has 1 heterocycles. The standard InChI is InChI=1S/C36H55N3O6S/c1-26-14-17-32(18-15-26)46(42,43)37-31-16-19-34-33(21-31)36(41)39(28(3)25-40)22-27(2)35(44-20-10-9-11-29(4)45-34)24-38(5)23-30-12-7-6-8-13-30/h14-19,21,27-30,35,37,40H,6-13,20,22-25H2,1-5H3/t27-,28+,29-,35-/m1/s1. The van der Waals surface area contributed by atoms with Crippen LogP contribution in [0.4, 0.5) is 5.69 Å². The van der Waals surface area contributed by atoms with E-state index in [0.717, 1.165) is 43.8 Å². The third-order valence-electron chi connectivity index (χ3n) is 9.42. The van der Waals surface area contributed by atoms with E-state index in [0.29, 0.717) is 18.9 Å². The molecule has 9 nitrogen and oxygen atoms in total. The first kappa shape index (κ1) is 36.2. The van der Waals surface area contributed by atoms with Crippen molar-refractivity contribution in [2.75, 3.05) is 44.6 Å². The molecule has 1 aliphatic heterocycles. The largest absolute Gasteiger partial charge is 0.490 e. The number of ether oxygens (including phenoxy) is 2. The second-order valence-corrected chi connectivity index (χ2v) is 15.3. The number of nitrogens with zero attached hydrogens (tertiary/aromatic N) is 2. The van der Waals surface area contributed by atoms with E-state index < -0.39 is 16.1 Å². The number of carbonyl (C=O) groups is 1. The van der Waals surface area contributed by atoms with Crippen LogP contribution in [0.5, 0.6) is 5.75 Å². The van der Waals surface area contributed by atoms with Gasteiger partial charge in [0.1, 0.15) is 5.75 Å². The molecule has 2 aromatic rings. The molecule has 0 spiro atoms. The highest BCUT2D eigenvalue weighted by Crippen LogP contribution is 2.30. The number of fused-ring (bicyclic) bond motifs is 1. The summed E-state index contributed by atoms with van der Waals surface area (Å²) in [6.07, 6.45) is 8.89. The molecule has 4 atom stereocenters. The minimum Gasteiger partial charge on any atom is -0.490 e. The van der Waals surface area contributed by atoms with Gasteiger partial charge < -0.3 is 24.4 Å². The van der Waals surface area contributed by atoms with E-state index in [9.17, 15) is 18.3 Å². The fourth-order valence-electron chi connectivity index (χ4n) is 6.57. The summed E-state index contributed by atoms with van der Waals surface area (Å²) in [6, 6.07) is 11.0. The number of carbonyl (C=O) groups excluding carboxylic acids is 1. The Hall–Kier alpha value is -2.66. The zero-order valence-corrected chi connectivity index (χ0v) is 29.2. The normalized spacial score (nSPS) is 23.3. The van der Waals surface area contributed by atoms with Crippen LogP contribution in [0.3, 0.4) is 0 Å². The monoisotopic (exact) mass is 657 g/mol. The van der Waals surface area contributed by atoms with Crippen LogP contribution in [0, 0.1) is 18.8 Å². The number of sulfonamides is 1. The van der Waals surface area contributed by atoms with Crippen molar-refractivity contribution in [2.24, 2.45) is 11.8 Å². The third kappa shape index (κ3) is 10.2. The number of benzene rings is 2. The fourth-order valence-corrected chi connectivity index (χ4v) is 7.62. The van der Waals surface area contributed by atoms with Crippen LogP contribution in [0.15, 0.2) is 47.4 Å². The highest BCUT2D eigenvalue weighted by Gasteiger charge is 2.31. The van der Waals surface area contributed by atoms with Crippen molar-refractivity contribution in [1.82, 2.24) is 9.80 Å². The number of rotatable bonds is 9. The molecule has 2 N–H and O–H groups in total. The van der Waals surface area contributed by atoms with Crippen molar-refractivity contribution in [3.63, 3.8) is 0 Å². The van der Waals surface area contributed by atoms with E-state index in [2.05, 4.69) is 23.6 Å². The van der Waals surface area contributed by atoms with Crippen molar-refractivity contribution < 1.29 is 27.8 Å². The van der Waals surface area contributed by atoms with Crippen molar-refractivity contribution in [1.29, 1.82) is 0 Å². The van der Waals surface area contributed by atoms with Crippen LogP contribution in [-0.2, 0) is 14.8 Å². The van der Waals surface area contributed by atoms with Crippen molar-refractivity contribution in [3.05, 3.63) is 53.6 Å². The minimum absolute atomic E-state index is 0.0128. The summed E-state index contributed by atoms with van der Waals surface area (Å²) in [5.74, 6) is 0.783. The number of likely N-dealkylation sites (N-methyl/N-ethyl adjacent to an activating group) is 1. The Morgan fingerprint density at radius 2 is 1.70 bits per heavy atom. The Morgan fingerprint density at radius 1 is 1.00 bits per heavy atom. The maximum absolute atomic E-state index is 14.4. The van der Waals surface area contributed by atoms with Gasteiger partial charge in [0.15, 0.2) is 0 Å². The summed E-state index contributed by atoms with van der Waals surface area (Å²) in [6.45, 7) is 10.4. The molecule has 4 rings (SSSR count). The lowest BCUT2D eigenvalue weighted by molar-refractivity contribution is -0.0190. The summed E-state index contributed by atoms with van der Waals surface area (Å²) >= 11 is 0. The minimum atomic E-state index is -3.88. The molecule has 0 bridgehead atoms. The summed E-state index contributed by atoms with van der Waals surface area (Å²) in [5.41, 5.74) is 1.48. The van der Waals surface area contributed by atoms with Crippen molar-refractivity contribution in [2.45, 2.75) is 102 Å². The summed E-state index contributed by atoms with van der Waals surface area (Å²) < 4.78 is 41.9. The number of aliphatic hydroxyl groups excluding tert-OH is 1. The predicted molar refractivity (Wildman–Crippen MR) is 183 cm³/mol. The predicted octanol–water partition coefficient (Wildman–Crippen LogP) is 6.10. The lowest BCUT2D eigenvalue weighted by Crippen LogP contribution is -2.47. The Balaban J connectivity index is 1.62. The van der Waals surface area contributed by atoms with E-state index >= 15 is 0 Å². The molecular weight excluding hydrogens is 602 g/mol. The van der Waals surface area contributed by atoms with Crippen LogP contribution in [0.2, 0.25) is 0 Å². The quantitative estimate of drug-likeness (QED) is 0.335. The van der Waals surface area contributed by atoms with Gasteiger partial charge in [0.05, 0.1) is 35.3 Å². The van der Waals surface area contributed by atoms with E-state index in [1.54, 1.807) is 47.4 Å². The van der Waals surface area contributed by atoms with Crippen LogP contribution in [-0.4, -0.2) is 87.4 Å². The van der Waals surface area contributed by atoms with Crippen LogP contribution < -0.4 is 9.46 Å². The van der Waals surface area contributed by atoms with Gasteiger partial charge in [-0.15, -0.1) is 0 Å². The molecule has 1 fully saturated rings. The average molecular weight is 658 g/mol. The molecule has 0 unspecified atom stereocenters. The number of aryl methyl sites for hydroxylation is 1. The second-order valence-electron chi connectivity index (χ2n) is 13.7. The lowest BCUT2D eigenvalue weighted by atomic mass is 9.89. The topological polar surface area (TPSA) is 108 Å². The molecule has 2 aromatic carbocycles. The highest BCUT2D eigenvalue weighted by molar-refractivity contribution is 7.92. The average Bonchev–Trinajstić information content (AvgIpc) is 3.03. The number of aliphatic hydroxyl groups is 1. The molecule has 1 amide bonds. The fraction of sp³-hybridized carbons (Fsp3) is 0.639. The maximum Gasteiger partial charge on any atom is 0.261 e. The third-order valence-corrected chi connectivity index (χ3v) is 10.8. The van der Waals surface area contributed by atoms with Crippen LogP contribution in [0.1, 0.15) is 88.1 Å². The summed E-state index contributed by atoms with van der Waals surface area (Å²) in [7, 11) is -1.71. The van der Waals surface area contributed by atoms with Gasteiger partial charge in [-0.3, -0.25) is 9.52 Å². The number of hydrogen-bond donors (Lipinski definition) is 2. The van der Waals surface area contributed by atoms with Gasteiger partial charge in [0.25, 0.3) is 15.9 Å². The first-order chi connectivity index (χ1) is 22.0. The number of anilines is 1. The van der Waals surface area contributed by atoms with Gasteiger partial charge in [0.2, 0.25) is 0 Å². The molecule has 10 heteroatoms. The van der Waals surface area contributed by atoms with E-state index in [1.165, 1.54) is 32.1 Å². The van der Waals surface area contributed by atoms with Crippen LogP contribution >= 0.6 is 0 Å². The van der Waals surface area contributed by atoms with E-state index in [1.807, 2.05) is 20.8 Å². The molecule has 1 aliphatic carbocycles. The Kier molecular flexibility index (Phi) is 13.3. The number of amides is 1. The zero-order valence-electron chi connectivity index (χ0n) is 28.4. The van der Waals surface area contributed by atoms with Crippen LogP contribution in [0.25, 0.3) is 0 Å². The van der Waals surface area contributed by atoms with Gasteiger partial charge in [-0.1, -0.05) is 43.9 Å². The molecule has 1 saturated carbocycles. The van der Waals surface area contributed by atoms with Gasteiger partial charge >= 0.3 is 0 Å². The Morgan fingerprint density at radius 3 is 2.39 bits per heavy atom. The zero-order chi connectivity index (χ0) is 33.3.